The fourth-order valence-corrected chi connectivity index (χ4v) is 3.02. The molecule has 1 heterocycles. The molecule has 2 rings (SSSR count). The van der Waals surface area contributed by atoms with Crippen LogP contribution in [0.15, 0.2) is 28.7 Å². The molecule has 0 aliphatic rings. The summed E-state index contributed by atoms with van der Waals surface area (Å²) in [6.45, 7) is 6.43. The fraction of sp³-hybridized carbons (Fsp3) is 0.333. The first kappa shape index (κ1) is 15.7. The summed E-state index contributed by atoms with van der Waals surface area (Å²) in [5, 5.41) is 0.737. The van der Waals surface area contributed by atoms with Gasteiger partial charge in [0.1, 0.15) is 10.5 Å². The monoisotopic (exact) mass is 370 g/mol. The van der Waals surface area contributed by atoms with Gasteiger partial charge in [-0.3, -0.25) is 0 Å². The van der Waals surface area contributed by atoms with E-state index in [0.29, 0.717) is 11.1 Å². The van der Waals surface area contributed by atoms with Gasteiger partial charge in [0.05, 0.1) is 4.47 Å². The molecule has 20 heavy (non-hydrogen) atoms. The molecule has 0 fully saturated rings. The van der Waals surface area contributed by atoms with Crippen LogP contribution in [0.25, 0.3) is 0 Å². The molecule has 0 radical (unpaired) electrons. The molecule has 0 unspecified atom stereocenters. The molecule has 0 bridgehead atoms. The first-order valence-electron chi connectivity index (χ1n) is 6.31. The average Bonchev–Trinajstić information content (AvgIpc) is 2.35. The lowest BCUT2D eigenvalue weighted by Crippen LogP contribution is -2.17. The largest absolute Gasteiger partial charge is 0.345 e. The van der Waals surface area contributed by atoms with Crippen molar-refractivity contribution in [2.45, 2.75) is 32.6 Å². The summed E-state index contributed by atoms with van der Waals surface area (Å²) in [6, 6.07) is 7.77. The number of benzene rings is 1. The van der Waals surface area contributed by atoms with Crippen LogP contribution in [0.5, 0.6) is 0 Å². The van der Waals surface area contributed by atoms with Crippen LogP contribution in [0.3, 0.4) is 0 Å². The van der Waals surface area contributed by atoms with Crippen molar-refractivity contribution in [2.75, 3.05) is 0 Å². The summed E-state index contributed by atoms with van der Waals surface area (Å²) < 4.78 is 1.47. The predicted molar refractivity (Wildman–Crippen MR) is 90.1 cm³/mol. The minimum absolute atomic E-state index is 0.0237. The van der Waals surface area contributed by atoms with Crippen LogP contribution in [0.4, 0.5) is 0 Å². The van der Waals surface area contributed by atoms with Crippen molar-refractivity contribution in [2.24, 2.45) is 0 Å². The van der Waals surface area contributed by atoms with Crippen LogP contribution >= 0.6 is 39.7 Å². The third-order valence-corrected chi connectivity index (χ3v) is 4.53. The number of H-pyrrole nitrogens is 1. The van der Waals surface area contributed by atoms with E-state index in [4.69, 9.17) is 23.8 Å². The molecule has 0 aliphatic carbocycles. The van der Waals surface area contributed by atoms with Gasteiger partial charge < -0.3 is 4.98 Å². The lowest BCUT2D eigenvalue weighted by molar-refractivity contribution is 0.558. The van der Waals surface area contributed by atoms with Crippen molar-refractivity contribution in [1.29, 1.82) is 0 Å². The zero-order chi connectivity index (χ0) is 14.9. The third kappa shape index (κ3) is 3.68. The highest BCUT2D eigenvalue weighted by molar-refractivity contribution is 9.10. The van der Waals surface area contributed by atoms with Gasteiger partial charge in [0.2, 0.25) is 0 Å². The molecule has 1 aromatic carbocycles. The molecule has 0 aliphatic heterocycles. The zero-order valence-corrected chi connectivity index (χ0v) is 14.8. The van der Waals surface area contributed by atoms with Gasteiger partial charge in [-0.2, -0.15) is 0 Å². The van der Waals surface area contributed by atoms with Gasteiger partial charge in [-0.25, -0.2) is 4.98 Å². The Morgan fingerprint density at radius 3 is 2.40 bits per heavy atom. The second-order valence-corrected chi connectivity index (χ2v) is 7.35. The Labute approximate surface area is 137 Å². The maximum atomic E-state index is 5.90. The smallest absolute Gasteiger partial charge is 0.144 e. The van der Waals surface area contributed by atoms with E-state index in [1.807, 2.05) is 24.3 Å². The summed E-state index contributed by atoms with van der Waals surface area (Å²) in [4.78, 5) is 7.84. The topological polar surface area (TPSA) is 28.7 Å². The second kappa shape index (κ2) is 5.96. The van der Waals surface area contributed by atoms with Crippen molar-refractivity contribution < 1.29 is 0 Å². The third-order valence-electron chi connectivity index (χ3n) is 2.95. The molecule has 106 valence electrons. The second-order valence-electron chi connectivity index (χ2n) is 5.73. The Bertz CT molecular complexity index is 672. The van der Waals surface area contributed by atoms with Crippen LogP contribution in [0, 0.1) is 4.64 Å². The van der Waals surface area contributed by atoms with E-state index in [-0.39, 0.29) is 5.41 Å². The summed E-state index contributed by atoms with van der Waals surface area (Å²) in [7, 11) is 0. The predicted octanol–water partition coefficient (Wildman–Crippen LogP) is 5.44. The highest BCUT2D eigenvalue weighted by Gasteiger charge is 2.20. The van der Waals surface area contributed by atoms with Crippen molar-refractivity contribution in [3.8, 4) is 0 Å². The Morgan fingerprint density at radius 1 is 1.25 bits per heavy atom. The summed E-state index contributed by atoms with van der Waals surface area (Å²) in [5.74, 6) is 0.866. The zero-order valence-electron chi connectivity index (χ0n) is 11.6. The van der Waals surface area contributed by atoms with E-state index in [1.54, 1.807) is 0 Å². The molecule has 5 heteroatoms. The first-order valence-corrected chi connectivity index (χ1v) is 7.89. The fourth-order valence-electron chi connectivity index (χ4n) is 1.90. The van der Waals surface area contributed by atoms with Gasteiger partial charge in [0, 0.05) is 22.6 Å². The minimum atomic E-state index is -0.0237. The Hall–Kier alpha value is -0.710. The van der Waals surface area contributed by atoms with Crippen LogP contribution in [0.2, 0.25) is 5.02 Å². The van der Waals surface area contributed by atoms with Gasteiger partial charge in [-0.1, -0.05) is 56.7 Å². The van der Waals surface area contributed by atoms with Gasteiger partial charge in [-0.15, -0.1) is 0 Å². The van der Waals surface area contributed by atoms with Gasteiger partial charge in [0.15, 0.2) is 0 Å². The van der Waals surface area contributed by atoms with E-state index < -0.39 is 0 Å². The van der Waals surface area contributed by atoms with Gasteiger partial charge in [0.25, 0.3) is 0 Å². The SMILES string of the molecule is CC(C)(C)c1[nH]c(Cc2ccc(Cl)cc2)nc(=S)c1Br. The number of hydrogen-bond donors (Lipinski definition) is 1. The van der Waals surface area contributed by atoms with Crippen LogP contribution in [0.1, 0.15) is 37.9 Å². The molecule has 0 saturated heterocycles. The van der Waals surface area contributed by atoms with E-state index in [0.717, 1.165) is 26.6 Å². The molecule has 0 saturated carbocycles. The molecule has 2 aromatic rings. The number of rotatable bonds is 2. The molecule has 0 amide bonds. The van der Waals surface area contributed by atoms with E-state index in [1.165, 1.54) is 0 Å². The molecule has 0 atom stereocenters. The number of aromatic amines is 1. The van der Waals surface area contributed by atoms with E-state index >= 15 is 0 Å². The number of nitrogens with zero attached hydrogens (tertiary/aromatic N) is 1. The minimum Gasteiger partial charge on any atom is -0.345 e. The maximum Gasteiger partial charge on any atom is 0.144 e. The Balaban J connectivity index is 2.41. The Morgan fingerprint density at radius 2 is 1.85 bits per heavy atom. The summed E-state index contributed by atoms with van der Waals surface area (Å²) in [5.41, 5.74) is 2.19. The molecular formula is C15H16BrClN2S. The molecule has 0 spiro atoms. The van der Waals surface area contributed by atoms with Crippen molar-refractivity contribution in [3.05, 3.63) is 55.5 Å². The molecule has 1 N–H and O–H groups in total. The van der Waals surface area contributed by atoms with E-state index in [2.05, 4.69) is 46.7 Å². The van der Waals surface area contributed by atoms with Crippen molar-refractivity contribution >= 4 is 39.7 Å². The van der Waals surface area contributed by atoms with Crippen molar-refractivity contribution in [3.63, 3.8) is 0 Å². The number of hydrogen-bond acceptors (Lipinski definition) is 2. The summed E-state index contributed by atoms with van der Waals surface area (Å²) in [6.07, 6.45) is 0.706. The van der Waals surface area contributed by atoms with E-state index in [9.17, 15) is 0 Å². The number of halogens is 2. The highest BCUT2D eigenvalue weighted by Crippen LogP contribution is 2.28. The quantitative estimate of drug-likeness (QED) is 0.712. The lowest BCUT2D eigenvalue weighted by Gasteiger charge is -2.21. The van der Waals surface area contributed by atoms with Crippen LogP contribution < -0.4 is 0 Å². The van der Waals surface area contributed by atoms with Crippen LogP contribution in [-0.4, -0.2) is 9.97 Å². The average molecular weight is 372 g/mol. The van der Waals surface area contributed by atoms with Crippen LogP contribution in [-0.2, 0) is 11.8 Å². The Kier molecular flexibility index (Phi) is 4.67. The number of nitrogens with one attached hydrogen (secondary N) is 1. The molecular weight excluding hydrogens is 356 g/mol. The number of aromatic nitrogens is 2. The highest BCUT2D eigenvalue weighted by atomic mass is 79.9. The molecule has 1 aromatic heterocycles. The van der Waals surface area contributed by atoms with Gasteiger partial charge >= 0.3 is 0 Å². The lowest BCUT2D eigenvalue weighted by atomic mass is 9.92. The normalized spacial score (nSPS) is 11.7. The van der Waals surface area contributed by atoms with Crippen molar-refractivity contribution in [1.82, 2.24) is 9.97 Å². The molecule has 2 nitrogen and oxygen atoms in total. The van der Waals surface area contributed by atoms with Gasteiger partial charge in [-0.05, 0) is 33.6 Å². The standard InChI is InChI=1S/C15H16BrClN2S/c1-15(2,3)13-12(16)14(20)19-11(18-13)8-9-4-6-10(17)7-5-9/h4-7H,8H2,1-3H3,(H,18,19,20). The first-order chi connectivity index (χ1) is 9.27. The summed E-state index contributed by atoms with van der Waals surface area (Å²) >= 11 is 14.8. The maximum absolute atomic E-state index is 5.90.